The van der Waals surface area contributed by atoms with Crippen LogP contribution in [0.3, 0.4) is 0 Å². The van der Waals surface area contributed by atoms with Gasteiger partial charge in [0.1, 0.15) is 6.04 Å². The first-order valence-electron chi connectivity index (χ1n) is 8.87. The van der Waals surface area contributed by atoms with Crippen molar-refractivity contribution in [1.29, 1.82) is 0 Å². The third-order valence-corrected chi connectivity index (χ3v) is 5.07. The maximum Gasteiger partial charge on any atom is 0.326 e. The van der Waals surface area contributed by atoms with Crippen molar-refractivity contribution in [2.75, 3.05) is 18.1 Å². The number of rotatable bonds is 9. The van der Waals surface area contributed by atoms with Crippen LogP contribution in [0.15, 0.2) is 18.2 Å². The molecule has 8 heteroatoms. The van der Waals surface area contributed by atoms with Crippen LogP contribution in [0.5, 0.6) is 0 Å². The average Bonchev–Trinajstić information content (AvgIpc) is 2.85. The van der Waals surface area contributed by atoms with E-state index >= 15 is 0 Å². The summed E-state index contributed by atoms with van der Waals surface area (Å²) >= 11 is 1.60. The Morgan fingerprint density at radius 3 is 2.44 bits per heavy atom. The molecule has 7 nitrogen and oxygen atoms in total. The smallest absolute Gasteiger partial charge is 0.326 e. The average molecular weight is 392 g/mol. The van der Waals surface area contributed by atoms with Crippen molar-refractivity contribution in [1.82, 2.24) is 10.2 Å². The van der Waals surface area contributed by atoms with Gasteiger partial charge in [-0.15, -0.1) is 0 Å². The standard InChI is InChI=1S/C19H24N2O5S/c1-4-27-8-7-15(19(25)26)20-16(22)12-5-6-13-14(9-12)18(24)21(17(13)23)10-11(2)3/h5-6,9,11,15H,4,7-8,10H2,1-3H3,(H,20,22)(H,25,26). The normalized spacial score (nSPS) is 14.4. The molecular formula is C19H24N2O5S. The molecule has 27 heavy (non-hydrogen) atoms. The number of nitrogens with one attached hydrogen (secondary N) is 1. The van der Waals surface area contributed by atoms with Crippen molar-refractivity contribution >= 4 is 35.5 Å². The van der Waals surface area contributed by atoms with Gasteiger partial charge in [0.15, 0.2) is 0 Å². The largest absolute Gasteiger partial charge is 0.480 e. The number of carbonyl (C=O) groups excluding carboxylic acids is 3. The van der Waals surface area contributed by atoms with Crippen molar-refractivity contribution in [3.8, 4) is 0 Å². The number of aliphatic carboxylic acids is 1. The number of hydrogen-bond acceptors (Lipinski definition) is 5. The SMILES string of the molecule is CCSCCC(NC(=O)c1ccc2c(c1)C(=O)N(CC(C)C)C2=O)C(=O)O. The van der Waals surface area contributed by atoms with Gasteiger partial charge >= 0.3 is 5.97 Å². The molecule has 2 N–H and O–H groups in total. The number of carboxylic acids is 1. The molecule has 1 aliphatic heterocycles. The number of fused-ring (bicyclic) bond motifs is 1. The van der Waals surface area contributed by atoms with Crippen LogP contribution in [0.2, 0.25) is 0 Å². The Balaban J connectivity index is 2.16. The van der Waals surface area contributed by atoms with E-state index in [1.165, 1.54) is 23.1 Å². The minimum Gasteiger partial charge on any atom is -0.480 e. The summed E-state index contributed by atoms with van der Waals surface area (Å²) < 4.78 is 0. The van der Waals surface area contributed by atoms with Gasteiger partial charge in [0.25, 0.3) is 17.7 Å². The minimum absolute atomic E-state index is 0.132. The van der Waals surface area contributed by atoms with Gasteiger partial charge in [-0.3, -0.25) is 19.3 Å². The molecule has 1 aromatic rings. The van der Waals surface area contributed by atoms with Crippen molar-refractivity contribution in [3.05, 3.63) is 34.9 Å². The van der Waals surface area contributed by atoms with E-state index in [-0.39, 0.29) is 28.5 Å². The number of hydrogen-bond donors (Lipinski definition) is 2. The molecular weight excluding hydrogens is 368 g/mol. The Morgan fingerprint density at radius 1 is 1.19 bits per heavy atom. The van der Waals surface area contributed by atoms with Gasteiger partial charge in [0.05, 0.1) is 11.1 Å². The molecule has 1 aromatic carbocycles. The lowest BCUT2D eigenvalue weighted by atomic mass is 10.0. The molecule has 0 radical (unpaired) electrons. The second-order valence-corrected chi connectivity index (χ2v) is 8.12. The Kier molecular flexibility index (Phi) is 7.01. The highest BCUT2D eigenvalue weighted by molar-refractivity contribution is 7.99. The summed E-state index contributed by atoms with van der Waals surface area (Å²) in [6.45, 7) is 6.10. The molecule has 1 atom stereocenters. The number of carboxylic acid groups (broad SMARTS) is 1. The number of imide groups is 1. The zero-order valence-corrected chi connectivity index (χ0v) is 16.5. The lowest BCUT2D eigenvalue weighted by molar-refractivity contribution is -0.139. The van der Waals surface area contributed by atoms with E-state index in [1.54, 1.807) is 11.8 Å². The quantitative estimate of drug-likeness (QED) is 0.493. The summed E-state index contributed by atoms with van der Waals surface area (Å²) in [7, 11) is 0. The maximum absolute atomic E-state index is 12.5. The van der Waals surface area contributed by atoms with Crippen LogP contribution >= 0.6 is 11.8 Å². The van der Waals surface area contributed by atoms with Crippen molar-refractivity contribution in [2.45, 2.75) is 33.2 Å². The van der Waals surface area contributed by atoms with E-state index in [2.05, 4.69) is 5.32 Å². The highest BCUT2D eigenvalue weighted by Crippen LogP contribution is 2.25. The predicted octanol–water partition coefficient (Wildman–Crippen LogP) is 2.26. The molecule has 1 heterocycles. The fourth-order valence-electron chi connectivity index (χ4n) is 2.81. The zero-order chi connectivity index (χ0) is 20.1. The molecule has 0 saturated carbocycles. The molecule has 0 fully saturated rings. The van der Waals surface area contributed by atoms with Crippen LogP contribution in [0.25, 0.3) is 0 Å². The van der Waals surface area contributed by atoms with Crippen LogP contribution < -0.4 is 5.32 Å². The number of carbonyl (C=O) groups is 4. The molecule has 2 rings (SSSR count). The van der Waals surface area contributed by atoms with Crippen molar-refractivity contribution < 1.29 is 24.3 Å². The van der Waals surface area contributed by atoms with E-state index in [9.17, 15) is 24.3 Å². The summed E-state index contributed by atoms with van der Waals surface area (Å²) in [6, 6.07) is 3.26. The number of thioether (sulfide) groups is 1. The van der Waals surface area contributed by atoms with Gasteiger partial charge in [0.2, 0.25) is 0 Å². The highest BCUT2D eigenvalue weighted by Gasteiger charge is 2.36. The van der Waals surface area contributed by atoms with E-state index in [4.69, 9.17) is 0 Å². The molecule has 0 bridgehead atoms. The van der Waals surface area contributed by atoms with E-state index in [1.807, 2.05) is 20.8 Å². The lowest BCUT2D eigenvalue weighted by Crippen LogP contribution is -2.41. The fourth-order valence-corrected chi connectivity index (χ4v) is 3.50. The Hall–Kier alpha value is -2.35. The van der Waals surface area contributed by atoms with E-state index in [0.717, 1.165) is 5.75 Å². The minimum atomic E-state index is -1.10. The monoisotopic (exact) mass is 392 g/mol. The van der Waals surface area contributed by atoms with E-state index in [0.29, 0.717) is 18.7 Å². The van der Waals surface area contributed by atoms with Gasteiger partial charge < -0.3 is 10.4 Å². The number of benzene rings is 1. The maximum atomic E-state index is 12.5. The van der Waals surface area contributed by atoms with Gasteiger partial charge in [-0.2, -0.15) is 11.8 Å². The predicted molar refractivity (Wildman–Crippen MR) is 103 cm³/mol. The highest BCUT2D eigenvalue weighted by atomic mass is 32.2. The molecule has 3 amide bonds. The Bertz CT molecular complexity index is 762. The Labute approximate surface area is 162 Å². The molecule has 1 aliphatic rings. The molecule has 0 aliphatic carbocycles. The summed E-state index contributed by atoms with van der Waals surface area (Å²) in [5, 5.41) is 11.8. The van der Waals surface area contributed by atoms with Gasteiger partial charge in [-0.25, -0.2) is 4.79 Å². The number of nitrogens with zero attached hydrogens (tertiary/aromatic N) is 1. The molecule has 1 unspecified atom stereocenters. The van der Waals surface area contributed by atoms with Gasteiger partial charge in [0, 0.05) is 12.1 Å². The molecule has 0 spiro atoms. The van der Waals surface area contributed by atoms with Crippen LogP contribution in [0.4, 0.5) is 0 Å². The van der Waals surface area contributed by atoms with E-state index < -0.39 is 23.8 Å². The fraction of sp³-hybridized carbons (Fsp3) is 0.474. The summed E-state index contributed by atoms with van der Waals surface area (Å²) in [6.07, 6.45) is 0.310. The third-order valence-electron chi connectivity index (χ3n) is 4.14. The molecule has 0 saturated heterocycles. The first kappa shape index (κ1) is 21.0. The van der Waals surface area contributed by atoms with Crippen LogP contribution in [-0.2, 0) is 4.79 Å². The van der Waals surface area contributed by atoms with Gasteiger partial charge in [-0.1, -0.05) is 20.8 Å². The zero-order valence-electron chi connectivity index (χ0n) is 15.7. The second kappa shape index (κ2) is 9.03. The van der Waals surface area contributed by atoms with Crippen molar-refractivity contribution in [2.24, 2.45) is 5.92 Å². The summed E-state index contributed by atoms with van der Waals surface area (Å²) in [5.41, 5.74) is 0.615. The summed E-state index contributed by atoms with van der Waals surface area (Å²) in [4.78, 5) is 49.8. The molecule has 146 valence electrons. The number of amides is 3. The summed E-state index contributed by atoms with van der Waals surface area (Å²) in [5.74, 6) is -0.844. The van der Waals surface area contributed by atoms with Crippen LogP contribution in [0, 0.1) is 5.92 Å². The lowest BCUT2D eigenvalue weighted by Gasteiger charge is -2.15. The third kappa shape index (κ3) is 4.88. The Morgan fingerprint density at radius 2 is 1.85 bits per heavy atom. The van der Waals surface area contributed by atoms with Crippen LogP contribution in [0.1, 0.15) is 58.3 Å². The molecule has 0 aromatic heterocycles. The first-order chi connectivity index (χ1) is 12.8. The second-order valence-electron chi connectivity index (χ2n) is 6.73. The topological polar surface area (TPSA) is 104 Å². The van der Waals surface area contributed by atoms with Crippen molar-refractivity contribution in [3.63, 3.8) is 0 Å². The van der Waals surface area contributed by atoms with Gasteiger partial charge in [-0.05, 0) is 42.0 Å². The van der Waals surface area contributed by atoms with Crippen LogP contribution in [-0.4, -0.2) is 57.8 Å². The first-order valence-corrected chi connectivity index (χ1v) is 10.0.